The molecule has 0 atom stereocenters. The zero-order valence-corrected chi connectivity index (χ0v) is 7.67. The first-order chi connectivity index (χ1) is 6.83. The van der Waals surface area contributed by atoms with E-state index in [1.165, 1.54) is 6.07 Å². The second-order valence-corrected chi connectivity index (χ2v) is 3.76. The number of benzene rings is 1. The van der Waals surface area contributed by atoms with Crippen LogP contribution in [-0.4, -0.2) is 10.2 Å². The molecular formula is C10H9F3O2. The molecule has 0 amide bonds. The van der Waals surface area contributed by atoms with Crippen LogP contribution in [0.4, 0.5) is 13.2 Å². The summed E-state index contributed by atoms with van der Waals surface area (Å²) in [5.41, 5.74) is -2.00. The van der Waals surface area contributed by atoms with Crippen molar-refractivity contribution in [3.63, 3.8) is 0 Å². The number of hydrogen-bond acceptors (Lipinski definition) is 2. The van der Waals surface area contributed by atoms with E-state index in [4.69, 9.17) is 5.11 Å². The molecule has 15 heavy (non-hydrogen) atoms. The van der Waals surface area contributed by atoms with Crippen LogP contribution in [0.3, 0.4) is 0 Å². The number of rotatable bonds is 1. The minimum absolute atomic E-state index is 0.215. The second kappa shape index (κ2) is 2.88. The lowest BCUT2D eigenvalue weighted by atomic mass is 10.0. The summed E-state index contributed by atoms with van der Waals surface area (Å²) in [5, 5.41) is 18.7. The van der Waals surface area contributed by atoms with Crippen LogP contribution in [0.1, 0.15) is 24.0 Å². The molecule has 0 spiro atoms. The Bertz CT molecular complexity index is 394. The van der Waals surface area contributed by atoms with E-state index in [1.54, 1.807) is 0 Å². The molecule has 0 heterocycles. The Morgan fingerprint density at radius 2 is 1.80 bits per heavy atom. The van der Waals surface area contributed by atoms with Crippen LogP contribution < -0.4 is 0 Å². The zero-order valence-electron chi connectivity index (χ0n) is 7.67. The normalized spacial score (nSPS) is 18.9. The number of halogens is 3. The van der Waals surface area contributed by atoms with Gasteiger partial charge in [-0.3, -0.25) is 0 Å². The van der Waals surface area contributed by atoms with Gasteiger partial charge in [-0.25, -0.2) is 0 Å². The van der Waals surface area contributed by atoms with Crippen molar-refractivity contribution < 1.29 is 23.4 Å². The highest BCUT2D eigenvalue weighted by atomic mass is 19.4. The maximum Gasteiger partial charge on any atom is 0.419 e. The number of phenolic OH excluding ortho intramolecular Hbond substituents is 1. The summed E-state index contributed by atoms with van der Waals surface area (Å²) < 4.78 is 37.2. The van der Waals surface area contributed by atoms with Crippen molar-refractivity contribution in [3.05, 3.63) is 29.3 Å². The first-order valence-corrected chi connectivity index (χ1v) is 4.46. The van der Waals surface area contributed by atoms with Gasteiger partial charge in [-0.1, -0.05) is 6.07 Å². The van der Waals surface area contributed by atoms with Crippen molar-refractivity contribution >= 4 is 0 Å². The van der Waals surface area contributed by atoms with E-state index in [1.807, 2.05) is 0 Å². The van der Waals surface area contributed by atoms with Gasteiger partial charge < -0.3 is 10.2 Å². The van der Waals surface area contributed by atoms with Gasteiger partial charge >= 0.3 is 6.18 Å². The van der Waals surface area contributed by atoms with Gasteiger partial charge in [-0.15, -0.1) is 0 Å². The quantitative estimate of drug-likeness (QED) is 0.759. The first kappa shape index (κ1) is 10.3. The fraction of sp³-hybridized carbons (Fsp3) is 0.400. The second-order valence-electron chi connectivity index (χ2n) is 3.76. The van der Waals surface area contributed by atoms with Crippen LogP contribution >= 0.6 is 0 Å². The molecule has 1 aromatic rings. The largest absolute Gasteiger partial charge is 0.507 e. The molecule has 0 aliphatic heterocycles. The highest BCUT2D eigenvalue weighted by Gasteiger charge is 2.44. The van der Waals surface area contributed by atoms with Crippen molar-refractivity contribution in [3.8, 4) is 5.75 Å². The third-order valence-corrected chi connectivity index (χ3v) is 2.56. The smallest absolute Gasteiger partial charge is 0.419 e. The highest BCUT2D eigenvalue weighted by molar-refractivity contribution is 5.41. The summed E-state index contributed by atoms with van der Waals surface area (Å²) in [6.45, 7) is 0. The number of phenols is 1. The lowest BCUT2D eigenvalue weighted by molar-refractivity contribution is -0.138. The molecule has 0 aromatic heterocycles. The molecule has 2 nitrogen and oxygen atoms in total. The summed E-state index contributed by atoms with van der Waals surface area (Å²) >= 11 is 0. The first-order valence-electron chi connectivity index (χ1n) is 4.46. The van der Waals surface area contributed by atoms with Gasteiger partial charge in [0.15, 0.2) is 0 Å². The van der Waals surface area contributed by atoms with E-state index in [-0.39, 0.29) is 5.56 Å². The SMILES string of the molecule is Oc1ccc(C2(O)CC2)cc1C(F)(F)F. The molecule has 5 heteroatoms. The Kier molecular flexibility index (Phi) is 1.98. The third kappa shape index (κ3) is 1.79. The highest BCUT2D eigenvalue weighted by Crippen LogP contribution is 2.47. The molecule has 82 valence electrons. The average Bonchev–Trinajstić information content (AvgIpc) is 2.83. The van der Waals surface area contributed by atoms with Crippen molar-refractivity contribution in [2.75, 3.05) is 0 Å². The molecule has 1 aromatic carbocycles. The van der Waals surface area contributed by atoms with E-state index >= 15 is 0 Å². The van der Waals surface area contributed by atoms with E-state index < -0.39 is 23.1 Å². The molecule has 0 unspecified atom stereocenters. The molecule has 2 N–H and O–H groups in total. The van der Waals surface area contributed by atoms with Gasteiger partial charge in [0.05, 0.1) is 11.2 Å². The maximum absolute atomic E-state index is 12.4. The fourth-order valence-corrected chi connectivity index (χ4v) is 1.46. The number of aromatic hydroxyl groups is 1. The molecule has 1 aliphatic rings. The van der Waals surface area contributed by atoms with E-state index in [0.717, 1.165) is 12.1 Å². The molecule has 0 saturated heterocycles. The summed E-state index contributed by atoms with van der Waals surface area (Å²) in [4.78, 5) is 0. The van der Waals surface area contributed by atoms with Crippen LogP contribution in [0.5, 0.6) is 5.75 Å². The number of alkyl halides is 3. The van der Waals surface area contributed by atoms with Crippen molar-refractivity contribution in [2.45, 2.75) is 24.6 Å². The van der Waals surface area contributed by atoms with Crippen LogP contribution in [0.2, 0.25) is 0 Å². The molecule has 1 fully saturated rings. The lowest BCUT2D eigenvalue weighted by Crippen LogP contribution is -2.10. The Morgan fingerprint density at radius 1 is 1.20 bits per heavy atom. The van der Waals surface area contributed by atoms with Gasteiger partial charge in [0.1, 0.15) is 5.75 Å². The number of hydrogen-bond donors (Lipinski definition) is 2. The van der Waals surface area contributed by atoms with Crippen molar-refractivity contribution in [2.24, 2.45) is 0 Å². The summed E-state index contributed by atoms with van der Waals surface area (Å²) in [6.07, 6.45) is -3.66. The standard InChI is InChI=1S/C10H9F3O2/c11-10(12,13)7-5-6(1-2-8(7)14)9(15)3-4-9/h1-2,5,14-15H,3-4H2. The fourth-order valence-electron chi connectivity index (χ4n) is 1.46. The minimum atomic E-state index is -4.59. The molecule has 0 radical (unpaired) electrons. The molecule has 1 saturated carbocycles. The van der Waals surface area contributed by atoms with Crippen LogP contribution in [-0.2, 0) is 11.8 Å². The molecule has 2 rings (SSSR count). The molecule has 0 bridgehead atoms. The van der Waals surface area contributed by atoms with Crippen molar-refractivity contribution in [1.82, 2.24) is 0 Å². The van der Waals surface area contributed by atoms with E-state index in [2.05, 4.69) is 0 Å². The summed E-state index contributed by atoms with van der Waals surface area (Å²) in [7, 11) is 0. The van der Waals surface area contributed by atoms with Gasteiger partial charge in [-0.2, -0.15) is 13.2 Å². The maximum atomic E-state index is 12.4. The Balaban J connectivity index is 2.46. The van der Waals surface area contributed by atoms with Gasteiger partial charge in [0, 0.05) is 0 Å². The van der Waals surface area contributed by atoms with Gasteiger partial charge in [0.25, 0.3) is 0 Å². The van der Waals surface area contributed by atoms with Crippen LogP contribution in [0, 0.1) is 0 Å². The Hall–Kier alpha value is -1.23. The zero-order chi connectivity index (χ0) is 11.3. The topological polar surface area (TPSA) is 40.5 Å². The number of aliphatic hydroxyl groups is 1. The third-order valence-electron chi connectivity index (χ3n) is 2.56. The van der Waals surface area contributed by atoms with E-state index in [0.29, 0.717) is 12.8 Å². The predicted molar refractivity (Wildman–Crippen MR) is 46.2 cm³/mol. The lowest BCUT2D eigenvalue weighted by Gasteiger charge is -2.13. The molecular weight excluding hydrogens is 209 g/mol. The van der Waals surface area contributed by atoms with Crippen molar-refractivity contribution in [1.29, 1.82) is 0 Å². The molecule has 1 aliphatic carbocycles. The summed E-state index contributed by atoms with van der Waals surface area (Å²) in [5.74, 6) is -0.810. The van der Waals surface area contributed by atoms with E-state index in [9.17, 15) is 18.3 Å². The predicted octanol–water partition coefficient (Wildman–Crippen LogP) is 2.39. The minimum Gasteiger partial charge on any atom is -0.507 e. The van der Waals surface area contributed by atoms with Crippen LogP contribution in [0.25, 0.3) is 0 Å². The monoisotopic (exact) mass is 218 g/mol. The average molecular weight is 218 g/mol. The van der Waals surface area contributed by atoms with Crippen LogP contribution in [0.15, 0.2) is 18.2 Å². The van der Waals surface area contributed by atoms with Gasteiger partial charge in [0.2, 0.25) is 0 Å². The Morgan fingerprint density at radius 3 is 2.27 bits per heavy atom. The Labute approximate surface area is 84.0 Å². The van der Waals surface area contributed by atoms with Gasteiger partial charge in [-0.05, 0) is 30.5 Å². The summed E-state index contributed by atoms with van der Waals surface area (Å²) in [6, 6.07) is 3.09.